The minimum absolute atomic E-state index is 0.0146. The molecule has 1 aliphatic rings. The summed E-state index contributed by atoms with van der Waals surface area (Å²) in [7, 11) is 0. The van der Waals surface area contributed by atoms with Gasteiger partial charge >= 0.3 is 0 Å². The van der Waals surface area contributed by atoms with Crippen LogP contribution in [0.5, 0.6) is 0 Å². The smallest absolute Gasteiger partial charge is 0.254 e. The van der Waals surface area contributed by atoms with Crippen molar-refractivity contribution in [3.8, 4) is 6.07 Å². The molecule has 7 heteroatoms. The SMILES string of the molecule is CCC1CN(C(=O)C(C)n2ccc(C)n2)CCN1C(=O)c1ccc(C)c(C#N)c1. The van der Waals surface area contributed by atoms with Gasteiger partial charge in [0, 0.05) is 37.4 Å². The molecule has 3 rings (SSSR count). The van der Waals surface area contributed by atoms with Crippen LogP contribution in [0.15, 0.2) is 30.5 Å². The molecule has 0 aliphatic carbocycles. The molecule has 7 nitrogen and oxygen atoms in total. The third kappa shape index (κ3) is 4.16. The third-order valence-electron chi connectivity index (χ3n) is 5.63. The number of hydrogen-bond acceptors (Lipinski definition) is 4. The van der Waals surface area contributed by atoms with Gasteiger partial charge in [-0.1, -0.05) is 13.0 Å². The van der Waals surface area contributed by atoms with Crippen molar-refractivity contribution < 1.29 is 9.59 Å². The molecule has 1 fully saturated rings. The number of piperazine rings is 1. The number of aryl methyl sites for hydroxylation is 2. The quantitative estimate of drug-likeness (QED) is 0.800. The maximum absolute atomic E-state index is 13.1. The van der Waals surface area contributed by atoms with Gasteiger partial charge in [-0.15, -0.1) is 0 Å². The summed E-state index contributed by atoms with van der Waals surface area (Å²) in [5, 5.41) is 13.6. The lowest BCUT2D eigenvalue weighted by molar-refractivity contribution is -0.137. The Hall–Kier alpha value is -3.14. The lowest BCUT2D eigenvalue weighted by Gasteiger charge is -2.42. The highest BCUT2D eigenvalue weighted by molar-refractivity contribution is 5.95. The first kappa shape index (κ1) is 20.6. The summed E-state index contributed by atoms with van der Waals surface area (Å²) < 4.78 is 1.69. The molecule has 29 heavy (non-hydrogen) atoms. The number of nitrogens with zero attached hydrogens (tertiary/aromatic N) is 5. The predicted molar refractivity (Wildman–Crippen MR) is 109 cm³/mol. The molecular weight excluding hydrogens is 366 g/mol. The van der Waals surface area contributed by atoms with E-state index in [9.17, 15) is 14.9 Å². The zero-order valence-corrected chi connectivity index (χ0v) is 17.4. The second kappa shape index (κ2) is 8.48. The highest BCUT2D eigenvalue weighted by atomic mass is 16.2. The van der Waals surface area contributed by atoms with Crippen LogP contribution in [0.4, 0.5) is 0 Å². The molecule has 152 valence electrons. The molecule has 2 unspecified atom stereocenters. The Labute approximate surface area is 171 Å². The first-order chi connectivity index (χ1) is 13.8. The monoisotopic (exact) mass is 393 g/mol. The van der Waals surface area contributed by atoms with Gasteiger partial charge < -0.3 is 9.80 Å². The van der Waals surface area contributed by atoms with Crippen LogP contribution >= 0.6 is 0 Å². The lowest BCUT2D eigenvalue weighted by atomic mass is 10.0. The second-order valence-electron chi connectivity index (χ2n) is 7.60. The van der Waals surface area contributed by atoms with E-state index in [0.717, 1.165) is 17.7 Å². The Balaban J connectivity index is 1.73. The predicted octanol–water partition coefficient (Wildman–Crippen LogP) is 2.70. The van der Waals surface area contributed by atoms with E-state index in [2.05, 4.69) is 11.2 Å². The minimum Gasteiger partial charge on any atom is -0.337 e. The molecule has 0 radical (unpaired) electrons. The number of benzene rings is 1. The van der Waals surface area contributed by atoms with E-state index < -0.39 is 0 Å². The van der Waals surface area contributed by atoms with Crippen LogP contribution in [-0.2, 0) is 4.79 Å². The topological polar surface area (TPSA) is 82.2 Å². The average Bonchev–Trinajstić information content (AvgIpc) is 3.18. The summed E-state index contributed by atoms with van der Waals surface area (Å²) in [5.74, 6) is -0.0723. The molecule has 2 amide bonds. The number of rotatable bonds is 4. The van der Waals surface area contributed by atoms with E-state index in [1.165, 1.54) is 0 Å². The molecule has 0 spiro atoms. The number of carbonyl (C=O) groups is 2. The summed E-state index contributed by atoms with van der Waals surface area (Å²) in [5.41, 5.74) is 2.77. The molecular formula is C22H27N5O2. The van der Waals surface area contributed by atoms with Crippen molar-refractivity contribution >= 4 is 11.8 Å². The zero-order chi connectivity index (χ0) is 21.1. The normalized spacial score (nSPS) is 17.7. The fourth-order valence-corrected chi connectivity index (χ4v) is 3.74. The fraction of sp³-hybridized carbons (Fsp3) is 0.455. The van der Waals surface area contributed by atoms with Gasteiger partial charge in [-0.05, 0) is 51.0 Å². The summed E-state index contributed by atoms with van der Waals surface area (Å²) in [4.78, 5) is 29.7. The average molecular weight is 393 g/mol. The molecule has 0 N–H and O–H groups in total. The molecule has 1 aliphatic heterocycles. The van der Waals surface area contributed by atoms with Gasteiger partial charge in [-0.3, -0.25) is 14.3 Å². The highest BCUT2D eigenvalue weighted by Gasteiger charge is 2.34. The number of aromatic nitrogens is 2. The first-order valence-corrected chi connectivity index (χ1v) is 9.98. The summed E-state index contributed by atoms with van der Waals surface area (Å²) in [6.45, 7) is 9.09. The van der Waals surface area contributed by atoms with Gasteiger partial charge in [0.05, 0.1) is 17.3 Å². The number of hydrogen-bond donors (Lipinski definition) is 0. The minimum atomic E-state index is -0.376. The van der Waals surface area contributed by atoms with Gasteiger partial charge in [0.15, 0.2) is 0 Å². The summed E-state index contributed by atoms with van der Waals surface area (Å²) >= 11 is 0. The molecule has 2 atom stereocenters. The fourth-order valence-electron chi connectivity index (χ4n) is 3.74. The largest absolute Gasteiger partial charge is 0.337 e. The molecule has 1 aromatic heterocycles. The van der Waals surface area contributed by atoms with Gasteiger partial charge in [0.1, 0.15) is 6.04 Å². The van der Waals surface area contributed by atoms with E-state index in [1.54, 1.807) is 22.9 Å². The van der Waals surface area contributed by atoms with Crippen molar-refractivity contribution in [1.82, 2.24) is 19.6 Å². The van der Waals surface area contributed by atoms with Crippen molar-refractivity contribution in [2.24, 2.45) is 0 Å². The summed E-state index contributed by atoms with van der Waals surface area (Å²) in [6.07, 6.45) is 2.57. The van der Waals surface area contributed by atoms with Crippen molar-refractivity contribution in [3.05, 3.63) is 52.8 Å². The van der Waals surface area contributed by atoms with E-state index in [0.29, 0.717) is 30.8 Å². The Bertz CT molecular complexity index is 958. The molecule has 1 saturated heterocycles. The summed E-state index contributed by atoms with van der Waals surface area (Å²) in [6, 6.07) is 8.82. The van der Waals surface area contributed by atoms with Crippen LogP contribution in [0.2, 0.25) is 0 Å². The standard InChI is InChI=1S/C22H27N5O2/c1-5-20-14-25(21(28)17(4)27-9-8-16(3)24-27)10-11-26(20)22(29)18-7-6-15(2)19(12-18)13-23/h6-9,12,17,20H,5,10-11,14H2,1-4H3. The molecule has 2 heterocycles. The van der Waals surface area contributed by atoms with Crippen LogP contribution in [-0.4, -0.2) is 57.1 Å². The van der Waals surface area contributed by atoms with Crippen molar-refractivity contribution in [2.75, 3.05) is 19.6 Å². The van der Waals surface area contributed by atoms with Crippen LogP contribution in [0.3, 0.4) is 0 Å². The van der Waals surface area contributed by atoms with Crippen LogP contribution in [0, 0.1) is 25.2 Å². The number of amides is 2. The molecule has 1 aromatic carbocycles. The van der Waals surface area contributed by atoms with Crippen molar-refractivity contribution in [2.45, 2.75) is 46.2 Å². The van der Waals surface area contributed by atoms with E-state index in [4.69, 9.17) is 0 Å². The third-order valence-corrected chi connectivity index (χ3v) is 5.63. The Morgan fingerprint density at radius 1 is 1.28 bits per heavy atom. The Kier molecular flexibility index (Phi) is 6.02. The van der Waals surface area contributed by atoms with E-state index in [1.807, 2.05) is 49.8 Å². The number of nitriles is 1. The number of carbonyl (C=O) groups excluding carboxylic acids is 2. The van der Waals surface area contributed by atoms with Crippen molar-refractivity contribution in [1.29, 1.82) is 5.26 Å². The van der Waals surface area contributed by atoms with Gasteiger partial charge in [0.25, 0.3) is 5.91 Å². The Morgan fingerprint density at radius 3 is 2.66 bits per heavy atom. The van der Waals surface area contributed by atoms with Crippen molar-refractivity contribution in [3.63, 3.8) is 0 Å². The van der Waals surface area contributed by atoms with E-state index >= 15 is 0 Å². The highest BCUT2D eigenvalue weighted by Crippen LogP contribution is 2.21. The van der Waals surface area contributed by atoms with E-state index in [-0.39, 0.29) is 23.9 Å². The maximum atomic E-state index is 13.1. The van der Waals surface area contributed by atoms with Crippen LogP contribution in [0.1, 0.15) is 53.5 Å². The van der Waals surface area contributed by atoms with Gasteiger partial charge in [-0.25, -0.2) is 0 Å². The van der Waals surface area contributed by atoms with Crippen LogP contribution in [0.25, 0.3) is 0 Å². The molecule has 0 saturated carbocycles. The van der Waals surface area contributed by atoms with Crippen LogP contribution < -0.4 is 0 Å². The Morgan fingerprint density at radius 2 is 2.03 bits per heavy atom. The molecule has 2 aromatic rings. The van der Waals surface area contributed by atoms with Gasteiger partial charge in [-0.2, -0.15) is 10.4 Å². The maximum Gasteiger partial charge on any atom is 0.254 e. The first-order valence-electron chi connectivity index (χ1n) is 9.98. The molecule has 0 bridgehead atoms. The zero-order valence-electron chi connectivity index (χ0n) is 17.4. The van der Waals surface area contributed by atoms with Gasteiger partial charge in [0.2, 0.25) is 5.91 Å². The lowest BCUT2D eigenvalue weighted by Crippen LogP contribution is -2.57. The second-order valence-corrected chi connectivity index (χ2v) is 7.60.